The van der Waals surface area contributed by atoms with E-state index in [1.54, 1.807) is 0 Å². The van der Waals surface area contributed by atoms with Crippen LogP contribution in [0.2, 0.25) is 0 Å². The van der Waals surface area contributed by atoms with Crippen LogP contribution in [0.25, 0.3) is 0 Å². The van der Waals surface area contributed by atoms with Crippen molar-refractivity contribution in [2.45, 2.75) is 32.3 Å². The van der Waals surface area contributed by atoms with Gasteiger partial charge in [0.2, 0.25) is 5.91 Å². The Balaban J connectivity index is 1.69. The average molecular weight is 248 g/mol. The van der Waals surface area contributed by atoms with Crippen molar-refractivity contribution in [2.75, 3.05) is 6.54 Å². The topological polar surface area (TPSA) is 64.4 Å². The second kappa shape index (κ2) is 5.98. The quantitative estimate of drug-likeness (QED) is 0.754. The number of amides is 1. The summed E-state index contributed by atoms with van der Waals surface area (Å²) in [5, 5.41) is 0. The highest BCUT2D eigenvalue weighted by Crippen LogP contribution is 2.42. The highest BCUT2D eigenvalue weighted by Gasteiger charge is 2.37. The third kappa shape index (κ3) is 3.31. The second-order valence-corrected chi connectivity index (χ2v) is 5.03. The first-order valence-electron chi connectivity index (χ1n) is 6.39. The van der Waals surface area contributed by atoms with Gasteiger partial charge in [-0.15, -0.1) is 0 Å². The molecule has 4 nitrogen and oxygen atoms in total. The summed E-state index contributed by atoms with van der Waals surface area (Å²) in [6.07, 6.45) is 3.75. The number of benzene rings is 1. The minimum Gasteiger partial charge on any atom is -0.330 e. The van der Waals surface area contributed by atoms with Crippen molar-refractivity contribution in [2.24, 2.45) is 11.1 Å². The molecule has 0 aromatic heterocycles. The summed E-state index contributed by atoms with van der Waals surface area (Å²) in [5.41, 5.74) is 9.28. The fraction of sp³-hybridized carbons (Fsp3) is 0.500. The Hall–Kier alpha value is -1.39. The largest absolute Gasteiger partial charge is 0.330 e. The van der Waals surface area contributed by atoms with Gasteiger partial charge in [0.1, 0.15) is 0 Å². The lowest BCUT2D eigenvalue weighted by Crippen LogP contribution is -2.41. The van der Waals surface area contributed by atoms with Gasteiger partial charge < -0.3 is 5.73 Å². The molecule has 0 saturated heterocycles. The van der Waals surface area contributed by atoms with E-state index in [1.807, 2.05) is 30.3 Å². The molecule has 1 aromatic carbocycles. The fourth-order valence-corrected chi connectivity index (χ4v) is 2.28. The van der Waals surface area contributed by atoms with Gasteiger partial charge in [-0.2, -0.15) is 0 Å². The number of nitrogens with one attached hydrogen (secondary N) is 1. The minimum absolute atomic E-state index is 0.0280. The molecule has 3 N–H and O–H groups in total. The van der Waals surface area contributed by atoms with E-state index in [1.165, 1.54) is 6.42 Å². The summed E-state index contributed by atoms with van der Waals surface area (Å²) in [6.45, 7) is 0.974. The summed E-state index contributed by atoms with van der Waals surface area (Å²) in [6, 6.07) is 9.75. The Kier molecular flexibility index (Phi) is 4.33. The maximum Gasteiger partial charge on any atom is 0.244 e. The van der Waals surface area contributed by atoms with E-state index in [4.69, 9.17) is 10.6 Å². The normalized spacial score (nSPS) is 16.9. The first-order valence-corrected chi connectivity index (χ1v) is 6.39. The van der Waals surface area contributed by atoms with Crippen LogP contribution < -0.4 is 11.2 Å². The molecule has 1 amide bonds. The Morgan fingerprint density at radius 3 is 2.61 bits per heavy atom. The summed E-state index contributed by atoms with van der Waals surface area (Å²) < 4.78 is 0. The van der Waals surface area contributed by atoms with E-state index < -0.39 is 0 Å². The van der Waals surface area contributed by atoms with Crippen LogP contribution in [-0.2, 0) is 16.2 Å². The Morgan fingerprint density at radius 1 is 1.33 bits per heavy atom. The van der Waals surface area contributed by atoms with Crippen LogP contribution >= 0.6 is 0 Å². The van der Waals surface area contributed by atoms with Crippen molar-refractivity contribution >= 4 is 5.91 Å². The van der Waals surface area contributed by atoms with Crippen LogP contribution in [0, 0.1) is 5.41 Å². The van der Waals surface area contributed by atoms with Crippen molar-refractivity contribution in [3.05, 3.63) is 35.9 Å². The second-order valence-electron chi connectivity index (χ2n) is 5.03. The summed E-state index contributed by atoms with van der Waals surface area (Å²) in [7, 11) is 0. The Labute approximate surface area is 107 Å². The van der Waals surface area contributed by atoms with E-state index in [9.17, 15) is 4.79 Å². The molecule has 0 spiro atoms. The molecular weight excluding hydrogens is 228 g/mol. The first kappa shape index (κ1) is 13.1. The molecule has 2 rings (SSSR count). The van der Waals surface area contributed by atoms with Crippen LogP contribution in [0.3, 0.4) is 0 Å². The van der Waals surface area contributed by atoms with Gasteiger partial charge in [-0.25, -0.2) is 5.48 Å². The zero-order chi connectivity index (χ0) is 12.8. The smallest absolute Gasteiger partial charge is 0.244 e. The van der Waals surface area contributed by atoms with Gasteiger partial charge in [-0.1, -0.05) is 36.8 Å². The molecule has 0 aliphatic heterocycles. The number of hydroxylamine groups is 1. The minimum atomic E-state index is -0.0731. The maximum absolute atomic E-state index is 11.7. The lowest BCUT2D eigenvalue weighted by Gasteiger charge is -2.40. The summed E-state index contributed by atoms with van der Waals surface area (Å²) >= 11 is 0. The molecule has 1 aromatic rings. The van der Waals surface area contributed by atoms with Crippen LogP contribution in [0.15, 0.2) is 30.3 Å². The number of hydrogen-bond acceptors (Lipinski definition) is 3. The van der Waals surface area contributed by atoms with E-state index in [-0.39, 0.29) is 11.3 Å². The molecule has 18 heavy (non-hydrogen) atoms. The molecule has 1 aliphatic carbocycles. The monoisotopic (exact) mass is 248 g/mol. The molecular formula is C14H20N2O2. The molecule has 0 heterocycles. The molecule has 1 saturated carbocycles. The zero-order valence-corrected chi connectivity index (χ0v) is 10.5. The van der Waals surface area contributed by atoms with Crippen molar-refractivity contribution in [3.63, 3.8) is 0 Å². The lowest BCUT2D eigenvalue weighted by molar-refractivity contribution is -0.138. The summed E-state index contributed by atoms with van der Waals surface area (Å²) in [4.78, 5) is 16.9. The highest BCUT2D eigenvalue weighted by atomic mass is 16.6. The standard InChI is InChI=1S/C14H20N2O2/c15-11-14(7-4-8-14)9-13(17)16-18-10-12-5-2-1-3-6-12/h1-3,5-6H,4,7-11,15H2,(H,16,17). The molecule has 1 fully saturated rings. The molecule has 0 bridgehead atoms. The third-order valence-corrected chi connectivity index (χ3v) is 3.65. The predicted octanol–water partition coefficient (Wildman–Crippen LogP) is 1.75. The Bertz CT molecular complexity index is 383. The molecule has 0 unspecified atom stereocenters. The molecule has 0 radical (unpaired) electrons. The average Bonchev–Trinajstić information content (AvgIpc) is 2.35. The van der Waals surface area contributed by atoms with Crippen LogP contribution in [0.1, 0.15) is 31.2 Å². The van der Waals surface area contributed by atoms with Crippen LogP contribution in [-0.4, -0.2) is 12.5 Å². The van der Waals surface area contributed by atoms with Crippen LogP contribution in [0.4, 0.5) is 0 Å². The maximum atomic E-state index is 11.7. The zero-order valence-electron chi connectivity index (χ0n) is 10.5. The van der Waals surface area contributed by atoms with Crippen molar-refractivity contribution in [1.82, 2.24) is 5.48 Å². The number of rotatable bonds is 6. The van der Waals surface area contributed by atoms with Gasteiger partial charge in [0.25, 0.3) is 0 Å². The SMILES string of the molecule is NCC1(CC(=O)NOCc2ccccc2)CCC1. The van der Waals surface area contributed by atoms with E-state index >= 15 is 0 Å². The number of nitrogens with two attached hydrogens (primary N) is 1. The van der Waals surface area contributed by atoms with Gasteiger partial charge in [0.15, 0.2) is 0 Å². The lowest BCUT2D eigenvalue weighted by atomic mass is 9.66. The van der Waals surface area contributed by atoms with Crippen molar-refractivity contribution in [1.29, 1.82) is 0 Å². The third-order valence-electron chi connectivity index (χ3n) is 3.65. The number of hydrogen-bond donors (Lipinski definition) is 2. The van der Waals surface area contributed by atoms with E-state index in [2.05, 4.69) is 5.48 Å². The molecule has 4 heteroatoms. The summed E-state index contributed by atoms with van der Waals surface area (Å²) in [5.74, 6) is -0.0731. The number of carbonyl (C=O) groups is 1. The van der Waals surface area contributed by atoms with Crippen LogP contribution in [0.5, 0.6) is 0 Å². The first-order chi connectivity index (χ1) is 8.74. The molecule has 98 valence electrons. The van der Waals surface area contributed by atoms with E-state index in [0.29, 0.717) is 19.6 Å². The van der Waals surface area contributed by atoms with Gasteiger partial charge in [0, 0.05) is 6.42 Å². The number of carbonyl (C=O) groups excluding carboxylic acids is 1. The Morgan fingerprint density at radius 2 is 2.06 bits per heavy atom. The highest BCUT2D eigenvalue weighted by molar-refractivity contribution is 5.75. The van der Waals surface area contributed by atoms with Gasteiger partial charge in [0.05, 0.1) is 6.61 Å². The molecule has 1 aliphatic rings. The van der Waals surface area contributed by atoms with Crippen molar-refractivity contribution < 1.29 is 9.63 Å². The predicted molar refractivity (Wildman–Crippen MR) is 69.3 cm³/mol. The fourth-order valence-electron chi connectivity index (χ4n) is 2.28. The van der Waals surface area contributed by atoms with Crippen molar-refractivity contribution in [3.8, 4) is 0 Å². The van der Waals surface area contributed by atoms with Gasteiger partial charge >= 0.3 is 0 Å². The van der Waals surface area contributed by atoms with Gasteiger partial charge in [-0.05, 0) is 30.4 Å². The molecule has 0 atom stereocenters. The van der Waals surface area contributed by atoms with E-state index in [0.717, 1.165) is 18.4 Å². The van der Waals surface area contributed by atoms with Gasteiger partial charge in [-0.3, -0.25) is 9.63 Å².